The van der Waals surface area contributed by atoms with Crippen LogP contribution in [0.25, 0.3) is 11.0 Å². The number of fused-ring (bicyclic) bond motifs is 1. The number of anilines is 2. The van der Waals surface area contributed by atoms with E-state index in [0.29, 0.717) is 16.8 Å². The number of nitrogens with one attached hydrogen (secondary N) is 1. The first-order valence-corrected chi connectivity index (χ1v) is 13.5. The van der Waals surface area contributed by atoms with Gasteiger partial charge >= 0.3 is 17.6 Å². The van der Waals surface area contributed by atoms with Gasteiger partial charge in [0.2, 0.25) is 0 Å². The lowest BCUT2D eigenvalue weighted by Crippen LogP contribution is -2.34. The smallest absolute Gasteiger partial charge is 0.414 e. The Balaban J connectivity index is 1.74. The number of amides is 1. The summed E-state index contributed by atoms with van der Waals surface area (Å²) in [5.41, 5.74) is 1.62. The summed E-state index contributed by atoms with van der Waals surface area (Å²) in [6.45, 7) is 9.18. The van der Waals surface area contributed by atoms with Crippen molar-refractivity contribution in [1.82, 2.24) is 14.7 Å². The summed E-state index contributed by atoms with van der Waals surface area (Å²) in [7, 11) is 1.63. The molecule has 2 heterocycles. The summed E-state index contributed by atoms with van der Waals surface area (Å²) >= 11 is 0. The van der Waals surface area contributed by atoms with Crippen LogP contribution in [0.2, 0.25) is 0 Å². The number of esters is 1. The molecule has 1 amide bonds. The van der Waals surface area contributed by atoms with Gasteiger partial charge in [0.1, 0.15) is 18.5 Å². The van der Waals surface area contributed by atoms with Crippen molar-refractivity contribution < 1.29 is 23.9 Å². The van der Waals surface area contributed by atoms with E-state index >= 15 is 0 Å². The molecule has 4 rings (SSSR count). The Labute approximate surface area is 244 Å². The molecule has 0 spiro atoms. The third kappa shape index (κ3) is 6.85. The van der Waals surface area contributed by atoms with Gasteiger partial charge < -0.3 is 19.6 Å². The molecule has 0 aliphatic carbocycles. The fourth-order valence-corrected chi connectivity index (χ4v) is 4.24. The maximum absolute atomic E-state index is 13.8. The molecule has 0 atom stereocenters. The topological polar surface area (TPSA) is 125 Å². The van der Waals surface area contributed by atoms with E-state index < -0.39 is 23.2 Å². The van der Waals surface area contributed by atoms with Crippen LogP contribution in [0, 0.1) is 6.92 Å². The Hall–Kier alpha value is -4.93. The van der Waals surface area contributed by atoms with Crippen LogP contribution < -0.4 is 20.6 Å². The van der Waals surface area contributed by atoms with Gasteiger partial charge in [0.05, 0.1) is 23.4 Å². The minimum Gasteiger partial charge on any atom is -0.462 e. The Morgan fingerprint density at radius 2 is 1.74 bits per heavy atom. The highest BCUT2D eigenvalue weighted by atomic mass is 16.7. The maximum Gasteiger partial charge on any atom is 0.414 e. The van der Waals surface area contributed by atoms with E-state index in [4.69, 9.17) is 14.3 Å². The number of carbonyl (C=O) groups excluding carboxylic acids is 2. The molecule has 0 radical (unpaired) electrons. The number of carbonyl (C=O) groups is 2. The molecule has 0 saturated heterocycles. The van der Waals surface area contributed by atoms with Crippen molar-refractivity contribution in [3.8, 4) is 0 Å². The van der Waals surface area contributed by atoms with Crippen LogP contribution in [0.5, 0.6) is 0 Å². The van der Waals surface area contributed by atoms with E-state index in [9.17, 15) is 14.4 Å². The van der Waals surface area contributed by atoms with Gasteiger partial charge in [-0.05, 0) is 57.9 Å². The summed E-state index contributed by atoms with van der Waals surface area (Å²) < 4.78 is 11.8. The van der Waals surface area contributed by atoms with Gasteiger partial charge in [-0.25, -0.2) is 19.6 Å². The number of aryl methyl sites for hydroxylation is 1. The van der Waals surface area contributed by atoms with E-state index in [2.05, 4.69) is 15.3 Å². The molecule has 220 valence electrons. The van der Waals surface area contributed by atoms with Crippen LogP contribution in [-0.2, 0) is 22.6 Å². The summed E-state index contributed by atoms with van der Waals surface area (Å²) in [6, 6.07) is 16.6. The normalized spacial score (nSPS) is 11.2. The zero-order chi connectivity index (χ0) is 30.4. The lowest BCUT2D eigenvalue weighted by Gasteiger charge is -2.25. The predicted octanol–water partition coefficient (Wildman–Crippen LogP) is 4.89. The number of pyridine rings is 1. The molecular formula is C31H35N5O6. The van der Waals surface area contributed by atoms with Gasteiger partial charge in [0.25, 0.3) is 0 Å². The van der Waals surface area contributed by atoms with Crippen LogP contribution in [0.4, 0.5) is 16.2 Å². The molecule has 0 aliphatic heterocycles. The minimum absolute atomic E-state index is 0.0734. The van der Waals surface area contributed by atoms with E-state index in [0.717, 1.165) is 15.9 Å². The average molecular weight is 574 g/mol. The fraction of sp³-hybridized carbons (Fsp3) is 0.323. The number of nitrogens with zero attached hydrogens (tertiary/aromatic N) is 4. The van der Waals surface area contributed by atoms with E-state index in [1.54, 1.807) is 53.8 Å². The maximum atomic E-state index is 13.8. The summed E-state index contributed by atoms with van der Waals surface area (Å²) in [5.74, 6) is -0.800. The molecule has 42 heavy (non-hydrogen) atoms. The van der Waals surface area contributed by atoms with Gasteiger partial charge in [-0.2, -0.15) is 0 Å². The molecule has 0 aliphatic rings. The van der Waals surface area contributed by atoms with E-state index in [-0.39, 0.29) is 36.7 Å². The number of hydrogen-bond acceptors (Lipinski definition) is 9. The second kappa shape index (κ2) is 12.7. The molecule has 4 aromatic rings. The van der Waals surface area contributed by atoms with E-state index in [1.807, 2.05) is 42.5 Å². The molecule has 0 fully saturated rings. The molecule has 0 saturated carbocycles. The fourth-order valence-electron chi connectivity index (χ4n) is 4.24. The highest BCUT2D eigenvalue weighted by Gasteiger charge is 2.27. The van der Waals surface area contributed by atoms with Crippen LogP contribution >= 0.6 is 0 Å². The first-order chi connectivity index (χ1) is 20.0. The third-order valence-corrected chi connectivity index (χ3v) is 6.22. The molecule has 0 bridgehead atoms. The predicted molar refractivity (Wildman–Crippen MR) is 160 cm³/mol. The van der Waals surface area contributed by atoms with Gasteiger partial charge in [0, 0.05) is 19.3 Å². The number of ether oxygens (including phenoxy) is 2. The highest BCUT2D eigenvalue weighted by Crippen LogP contribution is 2.28. The van der Waals surface area contributed by atoms with Crippen molar-refractivity contribution in [1.29, 1.82) is 0 Å². The van der Waals surface area contributed by atoms with Gasteiger partial charge in [-0.15, -0.1) is 4.73 Å². The van der Waals surface area contributed by atoms with Crippen molar-refractivity contribution >= 4 is 34.5 Å². The lowest BCUT2D eigenvalue weighted by atomic mass is 10.1. The van der Waals surface area contributed by atoms with Crippen molar-refractivity contribution in [3.63, 3.8) is 0 Å². The lowest BCUT2D eigenvalue weighted by molar-refractivity contribution is 0.0512. The Morgan fingerprint density at radius 1 is 1.02 bits per heavy atom. The number of aromatic nitrogens is 3. The van der Waals surface area contributed by atoms with Crippen molar-refractivity contribution in [2.75, 3.05) is 23.9 Å². The van der Waals surface area contributed by atoms with Crippen LogP contribution in [0.1, 0.15) is 54.9 Å². The van der Waals surface area contributed by atoms with Crippen molar-refractivity contribution in [3.05, 3.63) is 93.7 Å². The molecule has 11 nitrogen and oxygen atoms in total. The first-order valence-electron chi connectivity index (χ1n) is 13.5. The summed E-state index contributed by atoms with van der Waals surface area (Å²) in [4.78, 5) is 55.5. The number of rotatable bonds is 9. The molecule has 0 unspecified atom stereocenters. The number of hydrogen-bond donors (Lipinski definition) is 1. The van der Waals surface area contributed by atoms with Crippen LogP contribution in [-0.4, -0.2) is 46.0 Å². The molecule has 2 aromatic carbocycles. The Morgan fingerprint density at radius 3 is 2.43 bits per heavy atom. The van der Waals surface area contributed by atoms with E-state index in [1.165, 1.54) is 11.2 Å². The second-order valence-electron chi connectivity index (χ2n) is 10.5. The Kier molecular flexibility index (Phi) is 9.09. The minimum atomic E-state index is -0.800. The van der Waals surface area contributed by atoms with Crippen LogP contribution in [0.15, 0.2) is 65.7 Å². The Bertz CT molecular complexity index is 1650. The second-order valence-corrected chi connectivity index (χ2v) is 10.5. The molecule has 11 heteroatoms. The van der Waals surface area contributed by atoms with Crippen molar-refractivity contribution in [2.24, 2.45) is 0 Å². The summed E-state index contributed by atoms with van der Waals surface area (Å²) in [5, 5.41) is 3.68. The number of benzene rings is 2. The first kappa shape index (κ1) is 30.0. The van der Waals surface area contributed by atoms with Gasteiger partial charge in [-0.3, -0.25) is 9.69 Å². The quantitative estimate of drug-likeness (QED) is 0.279. The van der Waals surface area contributed by atoms with Gasteiger partial charge in [-0.1, -0.05) is 42.5 Å². The third-order valence-electron chi connectivity index (χ3n) is 6.22. The molecular weight excluding hydrogens is 538 g/mol. The monoisotopic (exact) mass is 573 g/mol. The SMILES string of the molecule is CCOC(=O)c1c(NCc2cccc(N(C)C(=O)OC(C)(C)C)c2)c2c(C)ncnc2n(OCc2ccccc2)c1=O. The highest BCUT2D eigenvalue weighted by molar-refractivity contribution is 6.05. The zero-order valence-corrected chi connectivity index (χ0v) is 24.6. The molecule has 2 aromatic heterocycles. The average Bonchev–Trinajstić information content (AvgIpc) is 2.95. The van der Waals surface area contributed by atoms with Gasteiger partial charge in [0.15, 0.2) is 11.2 Å². The molecule has 1 N–H and O–H groups in total. The summed E-state index contributed by atoms with van der Waals surface area (Å²) in [6.07, 6.45) is 0.846. The standard InChI is InChI=1S/C31H35N5O6/c1-7-40-29(38)25-26(32-17-22-14-11-15-23(16-22)35(6)30(39)42-31(3,4)5)24-20(2)33-19-34-27(24)36(28(25)37)41-18-21-12-9-8-10-13-21/h8-16,19,32H,7,17-18H2,1-6H3. The largest absolute Gasteiger partial charge is 0.462 e. The van der Waals surface area contributed by atoms with Crippen LogP contribution in [0.3, 0.4) is 0 Å². The van der Waals surface area contributed by atoms with Crippen molar-refractivity contribution in [2.45, 2.75) is 53.4 Å². The zero-order valence-electron chi connectivity index (χ0n) is 24.6.